The Morgan fingerprint density at radius 2 is 2.11 bits per heavy atom. The number of hydrogen-bond acceptors (Lipinski definition) is 2. The van der Waals surface area contributed by atoms with Gasteiger partial charge in [-0.25, -0.2) is 0 Å². The van der Waals surface area contributed by atoms with E-state index in [-0.39, 0.29) is 0 Å². The van der Waals surface area contributed by atoms with Crippen molar-refractivity contribution in [3.8, 4) is 0 Å². The van der Waals surface area contributed by atoms with Crippen molar-refractivity contribution in [2.24, 2.45) is 5.92 Å². The second-order valence-corrected chi connectivity index (χ2v) is 5.74. The summed E-state index contributed by atoms with van der Waals surface area (Å²) in [6.45, 7) is 4.18. The predicted octanol–water partition coefficient (Wildman–Crippen LogP) is 3.33. The maximum absolute atomic E-state index is 10.9. The summed E-state index contributed by atoms with van der Waals surface area (Å²) in [6, 6.07) is 7.61. The maximum Gasteiger partial charge on any atom is 0.0897 e. The third-order valence-corrected chi connectivity index (χ3v) is 4.24. The van der Waals surface area contributed by atoms with Gasteiger partial charge in [-0.05, 0) is 62.4 Å². The van der Waals surface area contributed by atoms with Crippen molar-refractivity contribution in [1.29, 1.82) is 0 Å². The molecule has 1 heterocycles. The average molecular weight is 268 g/mol. The largest absolute Gasteiger partial charge is 0.385 e. The standard InChI is InChI=1S/C15H22ClNO/c1-2-15(18,10-12-4-3-9-17-11-12)13-5-7-14(16)8-6-13/h5-8,12,17-18H,2-4,9-11H2,1H3/t12-,15-/m0/s1. The van der Waals surface area contributed by atoms with Gasteiger partial charge < -0.3 is 10.4 Å². The first-order valence-corrected chi connectivity index (χ1v) is 7.21. The second kappa shape index (κ2) is 6.05. The number of hydrogen-bond donors (Lipinski definition) is 2. The molecule has 0 unspecified atom stereocenters. The molecule has 2 atom stereocenters. The van der Waals surface area contributed by atoms with E-state index in [9.17, 15) is 5.11 Å². The average Bonchev–Trinajstić information content (AvgIpc) is 2.40. The number of nitrogens with one attached hydrogen (secondary N) is 1. The van der Waals surface area contributed by atoms with Crippen LogP contribution in [-0.2, 0) is 5.60 Å². The summed E-state index contributed by atoms with van der Waals surface area (Å²) in [6.07, 6.45) is 4.00. The van der Waals surface area contributed by atoms with Gasteiger partial charge in [-0.3, -0.25) is 0 Å². The highest BCUT2D eigenvalue weighted by Gasteiger charge is 2.31. The molecule has 0 aromatic heterocycles. The lowest BCUT2D eigenvalue weighted by molar-refractivity contribution is 0.00361. The molecule has 0 saturated carbocycles. The molecule has 1 aliphatic heterocycles. The molecule has 2 rings (SSSR count). The number of rotatable bonds is 4. The summed E-state index contributed by atoms with van der Waals surface area (Å²) >= 11 is 5.91. The van der Waals surface area contributed by atoms with Crippen molar-refractivity contribution in [1.82, 2.24) is 5.32 Å². The van der Waals surface area contributed by atoms with Crippen LogP contribution < -0.4 is 5.32 Å². The van der Waals surface area contributed by atoms with E-state index in [0.717, 1.165) is 36.5 Å². The van der Waals surface area contributed by atoms with E-state index in [0.29, 0.717) is 5.92 Å². The van der Waals surface area contributed by atoms with Gasteiger partial charge in [0, 0.05) is 5.02 Å². The van der Waals surface area contributed by atoms with Crippen molar-refractivity contribution in [3.63, 3.8) is 0 Å². The van der Waals surface area contributed by atoms with Crippen molar-refractivity contribution < 1.29 is 5.11 Å². The number of benzene rings is 1. The minimum atomic E-state index is -0.714. The van der Waals surface area contributed by atoms with Crippen LogP contribution >= 0.6 is 11.6 Å². The highest BCUT2D eigenvalue weighted by Crippen LogP contribution is 2.34. The molecule has 1 aliphatic rings. The van der Waals surface area contributed by atoms with Crippen molar-refractivity contribution in [2.75, 3.05) is 13.1 Å². The van der Waals surface area contributed by atoms with E-state index >= 15 is 0 Å². The molecule has 0 radical (unpaired) electrons. The molecule has 0 spiro atoms. The van der Waals surface area contributed by atoms with E-state index in [1.54, 1.807) is 0 Å². The topological polar surface area (TPSA) is 32.3 Å². The van der Waals surface area contributed by atoms with Gasteiger partial charge in [0.25, 0.3) is 0 Å². The van der Waals surface area contributed by atoms with Gasteiger partial charge >= 0.3 is 0 Å². The van der Waals surface area contributed by atoms with Crippen LogP contribution in [0.3, 0.4) is 0 Å². The highest BCUT2D eigenvalue weighted by atomic mass is 35.5. The van der Waals surface area contributed by atoms with Gasteiger partial charge in [-0.2, -0.15) is 0 Å². The molecule has 1 aromatic carbocycles. The summed E-state index contributed by atoms with van der Waals surface area (Å²) in [5.74, 6) is 0.569. The van der Waals surface area contributed by atoms with Gasteiger partial charge in [0.05, 0.1) is 5.60 Å². The molecule has 0 aliphatic carbocycles. The Labute approximate surface area is 114 Å². The van der Waals surface area contributed by atoms with Crippen molar-refractivity contribution in [3.05, 3.63) is 34.9 Å². The summed E-state index contributed by atoms with van der Waals surface area (Å²) in [5, 5.41) is 15.0. The number of halogens is 1. The van der Waals surface area contributed by atoms with Gasteiger partial charge in [0.15, 0.2) is 0 Å². The molecule has 18 heavy (non-hydrogen) atoms. The summed E-state index contributed by atoms with van der Waals surface area (Å²) in [5.41, 5.74) is 0.272. The molecule has 3 heteroatoms. The first-order chi connectivity index (χ1) is 8.64. The predicted molar refractivity (Wildman–Crippen MR) is 75.9 cm³/mol. The van der Waals surface area contributed by atoms with Crippen LogP contribution in [0.1, 0.15) is 38.2 Å². The Morgan fingerprint density at radius 1 is 1.39 bits per heavy atom. The molecule has 1 fully saturated rings. The molecule has 0 amide bonds. The van der Waals surface area contributed by atoms with Crippen LogP contribution in [0.2, 0.25) is 5.02 Å². The molecule has 100 valence electrons. The van der Waals surface area contributed by atoms with Gasteiger partial charge in [-0.1, -0.05) is 30.7 Å². The highest BCUT2D eigenvalue weighted by molar-refractivity contribution is 6.30. The maximum atomic E-state index is 10.9. The molecular weight excluding hydrogens is 246 g/mol. The first kappa shape index (κ1) is 13.9. The third kappa shape index (κ3) is 3.25. The Kier molecular flexibility index (Phi) is 4.66. The summed E-state index contributed by atoms with van der Waals surface area (Å²) < 4.78 is 0. The lowest BCUT2D eigenvalue weighted by Crippen LogP contribution is -2.36. The van der Waals surface area contributed by atoms with E-state index in [2.05, 4.69) is 5.32 Å². The number of aliphatic hydroxyl groups is 1. The van der Waals surface area contributed by atoms with Gasteiger partial charge in [0.2, 0.25) is 0 Å². The SMILES string of the molecule is CC[C@](O)(C[C@@H]1CCCNC1)c1ccc(Cl)cc1. The second-order valence-electron chi connectivity index (χ2n) is 5.31. The Balaban J connectivity index is 2.10. The zero-order valence-corrected chi connectivity index (χ0v) is 11.7. The Hall–Kier alpha value is -0.570. The lowest BCUT2D eigenvalue weighted by atomic mass is 9.80. The van der Waals surface area contributed by atoms with Crippen LogP contribution in [0.15, 0.2) is 24.3 Å². The number of piperidine rings is 1. The zero-order valence-electron chi connectivity index (χ0n) is 11.0. The quantitative estimate of drug-likeness (QED) is 0.877. The molecule has 0 bridgehead atoms. The zero-order chi connectivity index (χ0) is 13.0. The molecular formula is C15H22ClNO. The van der Waals surface area contributed by atoms with Crippen LogP contribution in [-0.4, -0.2) is 18.2 Å². The Morgan fingerprint density at radius 3 is 2.67 bits per heavy atom. The minimum absolute atomic E-state index is 0.569. The van der Waals surface area contributed by atoms with Crippen LogP contribution in [0.5, 0.6) is 0 Å². The normalized spacial score (nSPS) is 23.6. The lowest BCUT2D eigenvalue weighted by Gasteiger charge is -2.33. The fraction of sp³-hybridized carbons (Fsp3) is 0.600. The van der Waals surface area contributed by atoms with Gasteiger partial charge in [0.1, 0.15) is 0 Å². The van der Waals surface area contributed by atoms with E-state index in [4.69, 9.17) is 11.6 Å². The van der Waals surface area contributed by atoms with Crippen LogP contribution in [0, 0.1) is 5.92 Å². The van der Waals surface area contributed by atoms with Crippen LogP contribution in [0.4, 0.5) is 0 Å². The fourth-order valence-electron chi connectivity index (χ4n) is 2.80. The van der Waals surface area contributed by atoms with Gasteiger partial charge in [-0.15, -0.1) is 0 Å². The van der Waals surface area contributed by atoms with E-state index in [1.807, 2.05) is 31.2 Å². The minimum Gasteiger partial charge on any atom is -0.385 e. The Bertz CT molecular complexity index is 373. The molecule has 1 saturated heterocycles. The van der Waals surface area contributed by atoms with E-state index in [1.165, 1.54) is 12.8 Å². The smallest absolute Gasteiger partial charge is 0.0897 e. The van der Waals surface area contributed by atoms with Crippen molar-refractivity contribution >= 4 is 11.6 Å². The molecule has 2 nitrogen and oxygen atoms in total. The third-order valence-electron chi connectivity index (χ3n) is 3.99. The molecule has 2 N–H and O–H groups in total. The van der Waals surface area contributed by atoms with Crippen LogP contribution in [0.25, 0.3) is 0 Å². The van der Waals surface area contributed by atoms with E-state index < -0.39 is 5.60 Å². The first-order valence-electron chi connectivity index (χ1n) is 6.83. The summed E-state index contributed by atoms with van der Waals surface area (Å²) in [4.78, 5) is 0. The monoisotopic (exact) mass is 267 g/mol. The molecule has 1 aromatic rings. The van der Waals surface area contributed by atoms with Crippen molar-refractivity contribution in [2.45, 2.75) is 38.2 Å². The fourth-order valence-corrected chi connectivity index (χ4v) is 2.93. The summed E-state index contributed by atoms with van der Waals surface area (Å²) in [7, 11) is 0.